The summed E-state index contributed by atoms with van der Waals surface area (Å²) >= 11 is 0. The standard InChI is InChI=1S/C21H21NO.C4H4O4/c23-21(19-9-5-2-6-10-19)16-22-20-13-11-18(12-14-20)15-17-7-3-1-4-8-17;5-3(6)1-2-4(7)8/h1-14,21-23H,15-16H2;1-2H,(H,5,6)(H,7,8)/b;2-1+. The lowest BCUT2D eigenvalue weighted by molar-refractivity contribution is -0.580. The van der Waals surface area contributed by atoms with E-state index in [2.05, 4.69) is 53.8 Å². The third-order valence-electron chi connectivity index (χ3n) is 4.35. The molecule has 1 unspecified atom stereocenters. The van der Waals surface area contributed by atoms with Gasteiger partial charge < -0.3 is 25.4 Å². The Bertz CT molecular complexity index is 954. The number of carboxylic acid groups (broad SMARTS) is 2. The zero-order valence-corrected chi connectivity index (χ0v) is 16.9. The molecule has 0 radical (unpaired) electrons. The monoisotopic (exact) mass is 419 g/mol. The molecule has 0 amide bonds. The first kappa shape index (κ1) is 23.5. The highest BCUT2D eigenvalue weighted by atomic mass is 16.4. The third kappa shape index (κ3) is 9.54. The van der Waals surface area contributed by atoms with E-state index in [1.165, 1.54) is 11.1 Å². The number of nitrogens with two attached hydrogens (primary N) is 1. The van der Waals surface area contributed by atoms with Crippen LogP contribution in [0.4, 0.5) is 5.69 Å². The summed E-state index contributed by atoms with van der Waals surface area (Å²) in [6.07, 6.45) is 1.45. The molecule has 6 nitrogen and oxygen atoms in total. The summed E-state index contributed by atoms with van der Waals surface area (Å²) < 4.78 is 0. The van der Waals surface area contributed by atoms with E-state index in [9.17, 15) is 19.8 Å². The summed E-state index contributed by atoms with van der Waals surface area (Å²) in [5.41, 5.74) is 4.74. The second-order valence-electron chi connectivity index (χ2n) is 6.76. The lowest BCUT2D eigenvalue weighted by Gasteiger charge is -2.09. The normalized spacial score (nSPS) is 11.4. The van der Waals surface area contributed by atoms with Crippen molar-refractivity contribution in [2.24, 2.45) is 0 Å². The maximum atomic E-state index is 10.2. The largest absolute Gasteiger partial charge is 0.545 e. The van der Waals surface area contributed by atoms with Crippen molar-refractivity contribution >= 4 is 17.6 Å². The molecule has 31 heavy (non-hydrogen) atoms. The van der Waals surface area contributed by atoms with Gasteiger partial charge in [-0.15, -0.1) is 0 Å². The molecule has 160 valence electrons. The average molecular weight is 419 g/mol. The van der Waals surface area contributed by atoms with Crippen LogP contribution < -0.4 is 10.4 Å². The van der Waals surface area contributed by atoms with E-state index in [0.717, 1.165) is 17.7 Å². The molecule has 3 aromatic carbocycles. The molecule has 3 rings (SSSR count). The molecular formula is C25H25NO5. The van der Waals surface area contributed by atoms with Gasteiger partial charge in [-0.2, -0.15) is 0 Å². The number of hydrogen-bond acceptors (Lipinski definition) is 4. The highest BCUT2D eigenvalue weighted by molar-refractivity contribution is 5.88. The minimum atomic E-state index is -1.51. The van der Waals surface area contributed by atoms with Crippen molar-refractivity contribution in [3.63, 3.8) is 0 Å². The van der Waals surface area contributed by atoms with Gasteiger partial charge in [-0.1, -0.05) is 72.8 Å². The Kier molecular flexibility index (Phi) is 9.68. The number of aliphatic hydroxyl groups excluding tert-OH is 1. The molecule has 0 aliphatic heterocycles. The van der Waals surface area contributed by atoms with Gasteiger partial charge >= 0.3 is 5.97 Å². The Morgan fingerprint density at radius 3 is 1.90 bits per heavy atom. The predicted octanol–water partition coefficient (Wildman–Crippen LogP) is 1.58. The molecule has 0 aliphatic carbocycles. The van der Waals surface area contributed by atoms with Gasteiger partial charge in [-0.3, -0.25) is 0 Å². The lowest BCUT2D eigenvalue weighted by atomic mass is 10.0. The summed E-state index contributed by atoms with van der Waals surface area (Å²) in [4.78, 5) is 19.0. The second kappa shape index (κ2) is 12.7. The summed E-state index contributed by atoms with van der Waals surface area (Å²) in [7, 11) is 0. The first-order valence-electron chi connectivity index (χ1n) is 9.75. The van der Waals surface area contributed by atoms with Gasteiger partial charge in [0.1, 0.15) is 18.3 Å². The van der Waals surface area contributed by atoms with Gasteiger partial charge in [0.15, 0.2) is 0 Å². The number of aliphatic hydroxyl groups is 1. The zero-order valence-electron chi connectivity index (χ0n) is 16.9. The molecule has 0 heterocycles. The van der Waals surface area contributed by atoms with Crippen molar-refractivity contribution in [1.29, 1.82) is 0 Å². The Labute approximate surface area is 181 Å². The maximum Gasteiger partial charge on any atom is 0.328 e. The molecule has 4 N–H and O–H groups in total. The van der Waals surface area contributed by atoms with Crippen LogP contribution in [0.5, 0.6) is 0 Å². The topological polar surface area (TPSA) is 114 Å². The smallest absolute Gasteiger partial charge is 0.328 e. The summed E-state index contributed by atoms with van der Waals surface area (Å²) in [5, 5.41) is 29.5. The number of quaternary nitrogens is 1. The van der Waals surface area contributed by atoms with Gasteiger partial charge in [-0.05, 0) is 41.3 Å². The average Bonchev–Trinajstić information content (AvgIpc) is 2.79. The Morgan fingerprint density at radius 1 is 0.839 bits per heavy atom. The molecule has 0 spiro atoms. The molecule has 0 fully saturated rings. The Morgan fingerprint density at radius 2 is 1.39 bits per heavy atom. The summed E-state index contributed by atoms with van der Waals surface area (Å²) in [5.74, 6) is -2.80. The molecular weight excluding hydrogens is 394 g/mol. The second-order valence-corrected chi connectivity index (χ2v) is 6.76. The molecule has 0 saturated heterocycles. The molecule has 0 aromatic heterocycles. The quantitative estimate of drug-likeness (QED) is 0.379. The number of hydrogen-bond donors (Lipinski definition) is 3. The van der Waals surface area contributed by atoms with Crippen LogP contribution in [-0.4, -0.2) is 28.7 Å². The van der Waals surface area contributed by atoms with Gasteiger partial charge in [-0.25, -0.2) is 4.79 Å². The van der Waals surface area contributed by atoms with Crippen LogP contribution in [0.2, 0.25) is 0 Å². The molecule has 6 heteroatoms. The molecule has 0 aliphatic rings. The number of aliphatic carboxylic acids is 2. The van der Waals surface area contributed by atoms with Gasteiger partial charge in [0.25, 0.3) is 0 Å². The number of benzene rings is 3. The van der Waals surface area contributed by atoms with Crippen LogP contribution in [0.3, 0.4) is 0 Å². The van der Waals surface area contributed by atoms with E-state index in [1.807, 2.05) is 36.4 Å². The van der Waals surface area contributed by atoms with E-state index in [0.29, 0.717) is 18.7 Å². The van der Waals surface area contributed by atoms with Crippen LogP contribution in [-0.2, 0) is 16.0 Å². The van der Waals surface area contributed by atoms with Crippen molar-refractivity contribution in [1.82, 2.24) is 0 Å². The van der Waals surface area contributed by atoms with E-state index >= 15 is 0 Å². The van der Waals surface area contributed by atoms with Gasteiger partial charge in [0.2, 0.25) is 0 Å². The van der Waals surface area contributed by atoms with Gasteiger partial charge in [0, 0.05) is 6.08 Å². The van der Waals surface area contributed by atoms with Crippen LogP contribution >= 0.6 is 0 Å². The maximum absolute atomic E-state index is 10.2. The van der Waals surface area contributed by atoms with E-state index in [-0.39, 0.29) is 0 Å². The SMILES string of the molecule is O=C([O-])/C=C/C(=O)O.OC(C[NH2+]c1ccc(Cc2ccccc2)cc1)c1ccccc1. The fraction of sp³-hybridized carbons (Fsp3) is 0.120. The minimum absolute atomic E-state index is 0.444. The molecule has 1 atom stereocenters. The first-order chi connectivity index (χ1) is 14.9. The number of carbonyl (C=O) groups is 2. The molecule has 0 saturated carbocycles. The highest BCUT2D eigenvalue weighted by Gasteiger charge is 2.09. The van der Waals surface area contributed by atoms with Crippen LogP contribution in [0.1, 0.15) is 22.8 Å². The van der Waals surface area contributed by atoms with Gasteiger partial charge in [0.05, 0.1) is 5.97 Å². The van der Waals surface area contributed by atoms with Crippen LogP contribution in [0.25, 0.3) is 0 Å². The lowest BCUT2D eigenvalue weighted by Crippen LogP contribution is -2.79. The number of rotatable bonds is 8. The third-order valence-corrected chi connectivity index (χ3v) is 4.35. The number of carboxylic acids is 2. The summed E-state index contributed by atoms with van der Waals surface area (Å²) in [6, 6.07) is 28.8. The van der Waals surface area contributed by atoms with E-state index in [4.69, 9.17) is 5.11 Å². The molecule has 0 bridgehead atoms. The minimum Gasteiger partial charge on any atom is -0.545 e. The fourth-order valence-corrected chi connectivity index (χ4v) is 2.80. The van der Waals surface area contributed by atoms with Crippen molar-refractivity contribution in [3.05, 3.63) is 114 Å². The van der Waals surface area contributed by atoms with Crippen LogP contribution in [0.15, 0.2) is 97.1 Å². The van der Waals surface area contributed by atoms with Crippen molar-refractivity contribution in [3.8, 4) is 0 Å². The van der Waals surface area contributed by atoms with Crippen molar-refractivity contribution < 1.29 is 30.2 Å². The zero-order chi connectivity index (χ0) is 22.5. The Hall–Kier alpha value is -3.74. The number of carbonyl (C=O) groups excluding carboxylic acids is 1. The summed E-state index contributed by atoms with van der Waals surface area (Å²) in [6.45, 7) is 0.627. The highest BCUT2D eigenvalue weighted by Crippen LogP contribution is 2.12. The van der Waals surface area contributed by atoms with Crippen LogP contribution in [0, 0.1) is 0 Å². The fourth-order valence-electron chi connectivity index (χ4n) is 2.80. The van der Waals surface area contributed by atoms with E-state index < -0.39 is 18.0 Å². The Balaban J connectivity index is 0.000000366. The molecule has 3 aromatic rings. The van der Waals surface area contributed by atoms with E-state index in [1.54, 1.807) is 0 Å². The first-order valence-corrected chi connectivity index (χ1v) is 9.75. The van der Waals surface area contributed by atoms with Crippen molar-refractivity contribution in [2.75, 3.05) is 6.54 Å². The van der Waals surface area contributed by atoms with Crippen molar-refractivity contribution in [2.45, 2.75) is 12.5 Å². The predicted molar refractivity (Wildman–Crippen MR) is 115 cm³/mol.